The van der Waals surface area contributed by atoms with E-state index in [-0.39, 0.29) is 11.5 Å². The van der Waals surface area contributed by atoms with Gasteiger partial charge in [-0.15, -0.1) is 0 Å². The van der Waals surface area contributed by atoms with Crippen LogP contribution in [-0.4, -0.2) is 52.4 Å². The lowest BCUT2D eigenvalue weighted by Crippen LogP contribution is -2.41. The Kier molecular flexibility index (Phi) is 7.65. The van der Waals surface area contributed by atoms with E-state index in [1.54, 1.807) is 10.6 Å². The molecule has 0 bridgehead atoms. The number of rotatable bonds is 8. The molecule has 0 N–H and O–H groups in total. The molecule has 0 aliphatic carbocycles. The topological polar surface area (TPSA) is 58.4 Å². The molecule has 0 aliphatic rings. The Morgan fingerprint density at radius 2 is 1.61 bits per heavy atom. The summed E-state index contributed by atoms with van der Waals surface area (Å²) in [5.41, 5.74) is 4.14. The number of aryl methyl sites for hydroxylation is 2. The van der Waals surface area contributed by atoms with Crippen molar-refractivity contribution in [1.29, 1.82) is 0 Å². The predicted octanol–water partition coefficient (Wildman–Crippen LogP) is 5.02. The third kappa shape index (κ3) is 5.24. The smallest absolute Gasteiger partial charge is 0.266 e. The molecular weight excluding hydrogens is 448 g/mol. The first-order chi connectivity index (χ1) is 17.3. The van der Waals surface area contributed by atoms with E-state index in [4.69, 9.17) is 4.98 Å². The van der Waals surface area contributed by atoms with Crippen molar-refractivity contribution in [3.63, 3.8) is 0 Å². The van der Waals surface area contributed by atoms with E-state index >= 15 is 0 Å². The number of hydrogen-bond acceptors (Lipinski definition) is 4. The first-order valence-corrected chi connectivity index (χ1v) is 12.4. The lowest BCUT2D eigenvalue weighted by Gasteiger charge is -2.31. The Bertz CT molecular complexity index is 1410. The molecule has 1 amide bonds. The fourth-order valence-electron chi connectivity index (χ4n) is 4.34. The molecule has 0 saturated heterocycles. The lowest BCUT2D eigenvalue weighted by atomic mass is 10.1. The maximum atomic E-state index is 13.8. The molecule has 0 fully saturated rings. The van der Waals surface area contributed by atoms with Crippen LogP contribution in [0, 0.1) is 6.92 Å². The Balaban J connectivity index is 1.88. The van der Waals surface area contributed by atoms with Gasteiger partial charge in [0, 0.05) is 18.7 Å². The number of carbonyl (C=O) groups is 1. The van der Waals surface area contributed by atoms with Crippen LogP contribution in [0.1, 0.15) is 47.2 Å². The first kappa shape index (κ1) is 25.3. The normalized spacial score (nSPS) is 12.2. The minimum atomic E-state index is -0.443. The second-order valence-electron chi connectivity index (χ2n) is 9.49. The Hall–Kier alpha value is -3.77. The van der Waals surface area contributed by atoms with Crippen LogP contribution in [0.2, 0.25) is 0 Å². The third-order valence-electron chi connectivity index (χ3n) is 6.59. The number of hydrogen-bond donors (Lipinski definition) is 0. The highest BCUT2D eigenvalue weighted by Crippen LogP contribution is 2.25. The number of nitrogens with zero attached hydrogens (tertiary/aromatic N) is 4. The molecule has 186 valence electrons. The fraction of sp³-hybridized carbons (Fsp3) is 0.300. The van der Waals surface area contributed by atoms with Crippen LogP contribution in [0.3, 0.4) is 0 Å². The van der Waals surface area contributed by atoms with Gasteiger partial charge in [0.15, 0.2) is 0 Å². The molecule has 4 aromatic rings. The molecule has 0 aliphatic heterocycles. The Morgan fingerprint density at radius 1 is 0.944 bits per heavy atom. The summed E-state index contributed by atoms with van der Waals surface area (Å²) in [5, 5.41) is 0.553. The number of likely N-dealkylation sites (N-methyl/N-ethyl adjacent to an activating group) is 1. The minimum absolute atomic E-state index is 0.0837. The zero-order valence-corrected chi connectivity index (χ0v) is 21.7. The van der Waals surface area contributed by atoms with Gasteiger partial charge < -0.3 is 9.80 Å². The zero-order chi connectivity index (χ0) is 25.8. The quantitative estimate of drug-likeness (QED) is 0.354. The molecule has 6 heteroatoms. The molecule has 0 radical (unpaired) electrons. The van der Waals surface area contributed by atoms with Crippen molar-refractivity contribution < 1.29 is 4.79 Å². The van der Waals surface area contributed by atoms with Crippen molar-refractivity contribution in [1.82, 2.24) is 19.4 Å². The summed E-state index contributed by atoms with van der Waals surface area (Å²) in [5.74, 6) is 0.460. The van der Waals surface area contributed by atoms with Gasteiger partial charge in [-0.3, -0.25) is 14.2 Å². The largest absolute Gasteiger partial charge is 0.327 e. The number of amides is 1. The van der Waals surface area contributed by atoms with Crippen molar-refractivity contribution in [2.24, 2.45) is 0 Å². The summed E-state index contributed by atoms with van der Waals surface area (Å²) in [6.45, 7) is 7.24. The van der Waals surface area contributed by atoms with Crippen LogP contribution in [0.15, 0.2) is 77.6 Å². The molecule has 4 rings (SSSR count). The molecule has 1 aromatic heterocycles. The van der Waals surface area contributed by atoms with Crippen molar-refractivity contribution in [2.45, 2.75) is 33.2 Å². The van der Waals surface area contributed by atoms with Gasteiger partial charge in [-0.2, -0.15) is 0 Å². The standard InChI is InChI=1S/C30H34N4O2/c1-6-23-13-17-25(18-14-23)34-28(31-27-10-8-7-9-26(27)30(34)36)22(3)33(20-19-32(4)5)29(35)24-15-11-21(2)12-16-24/h7-18,22H,6,19-20H2,1-5H3. The van der Waals surface area contributed by atoms with Crippen LogP contribution >= 0.6 is 0 Å². The number of aromatic nitrogens is 2. The zero-order valence-electron chi connectivity index (χ0n) is 21.7. The third-order valence-corrected chi connectivity index (χ3v) is 6.59. The molecular formula is C30H34N4O2. The van der Waals surface area contributed by atoms with Crippen molar-refractivity contribution >= 4 is 16.8 Å². The van der Waals surface area contributed by atoms with E-state index in [1.165, 1.54) is 5.56 Å². The SMILES string of the molecule is CCc1ccc(-n2c(C(C)N(CCN(C)C)C(=O)c3ccc(C)cc3)nc3ccccc3c2=O)cc1. The second-order valence-corrected chi connectivity index (χ2v) is 9.49. The van der Waals surface area contributed by atoms with E-state index in [1.807, 2.05) is 104 Å². The number of para-hydroxylation sites is 1. The van der Waals surface area contributed by atoms with Crippen LogP contribution < -0.4 is 5.56 Å². The summed E-state index contributed by atoms with van der Waals surface area (Å²) < 4.78 is 1.66. The van der Waals surface area contributed by atoms with Gasteiger partial charge in [0.2, 0.25) is 0 Å². The molecule has 0 spiro atoms. The Labute approximate surface area is 212 Å². The number of fused-ring (bicyclic) bond motifs is 1. The maximum Gasteiger partial charge on any atom is 0.266 e. The van der Waals surface area contributed by atoms with Gasteiger partial charge in [0.05, 0.1) is 22.6 Å². The van der Waals surface area contributed by atoms with Crippen molar-refractivity contribution in [3.8, 4) is 5.69 Å². The highest BCUT2D eigenvalue weighted by molar-refractivity contribution is 5.94. The summed E-state index contributed by atoms with van der Waals surface area (Å²) in [6.07, 6.45) is 0.914. The Morgan fingerprint density at radius 3 is 2.25 bits per heavy atom. The van der Waals surface area contributed by atoms with Crippen molar-refractivity contribution in [3.05, 3.63) is 106 Å². The van der Waals surface area contributed by atoms with E-state index in [0.717, 1.165) is 17.7 Å². The van der Waals surface area contributed by atoms with Gasteiger partial charge in [-0.1, -0.05) is 48.9 Å². The highest BCUT2D eigenvalue weighted by atomic mass is 16.2. The molecule has 1 heterocycles. The van der Waals surface area contributed by atoms with Gasteiger partial charge in [-0.05, 0) is 76.3 Å². The van der Waals surface area contributed by atoms with E-state index in [0.29, 0.717) is 35.4 Å². The van der Waals surface area contributed by atoms with Gasteiger partial charge in [0.25, 0.3) is 11.5 Å². The molecule has 1 atom stereocenters. The molecule has 3 aromatic carbocycles. The summed E-state index contributed by atoms with van der Waals surface area (Å²) in [7, 11) is 3.97. The van der Waals surface area contributed by atoms with Crippen LogP contribution in [0.5, 0.6) is 0 Å². The van der Waals surface area contributed by atoms with E-state index in [9.17, 15) is 9.59 Å². The molecule has 1 unspecified atom stereocenters. The van der Waals surface area contributed by atoms with Gasteiger partial charge in [0.1, 0.15) is 5.82 Å². The van der Waals surface area contributed by atoms with Gasteiger partial charge in [-0.25, -0.2) is 4.98 Å². The van der Waals surface area contributed by atoms with Crippen LogP contribution in [-0.2, 0) is 6.42 Å². The molecule has 0 saturated carbocycles. The van der Waals surface area contributed by atoms with Gasteiger partial charge >= 0.3 is 0 Å². The number of benzene rings is 3. The van der Waals surface area contributed by atoms with E-state index in [2.05, 4.69) is 6.92 Å². The first-order valence-electron chi connectivity index (χ1n) is 12.4. The lowest BCUT2D eigenvalue weighted by molar-refractivity contribution is 0.0667. The van der Waals surface area contributed by atoms with Crippen LogP contribution in [0.25, 0.3) is 16.6 Å². The summed E-state index contributed by atoms with van der Waals surface area (Å²) in [4.78, 5) is 36.4. The second kappa shape index (κ2) is 10.9. The van der Waals surface area contributed by atoms with Crippen LogP contribution in [0.4, 0.5) is 0 Å². The summed E-state index contributed by atoms with van der Waals surface area (Å²) in [6, 6.07) is 22.5. The molecule has 36 heavy (non-hydrogen) atoms. The van der Waals surface area contributed by atoms with Crippen molar-refractivity contribution in [2.75, 3.05) is 27.2 Å². The number of carbonyl (C=O) groups excluding carboxylic acids is 1. The minimum Gasteiger partial charge on any atom is -0.327 e. The highest BCUT2D eigenvalue weighted by Gasteiger charge is 2.27. The van der Waals surface area contributed by atoms with E-state index < -0.39 is 6.04 Å². The maximum absolute atomic E-state index is 13.8. The average molecular weight is 483 g/mol. The molecule has 6 nitrogen and oxygen atoms in total. The monoisotopic (exact) mass is 482 g/mol. The average Bonchev–Trinajstić information content (AvgIpc) is 2.89. The predicted molar refractivity (Wildman–Crippen MR) is 146 cm³/mol. The fourth-order valence-corrected chi connectivity index (χ4v) is 4.34. The summed E-state index contributed by atoms with van der Waals surface area (Å²) >= 11 is 0.